The van der Waals surface area contributed by atoms with Gasteiger partial charge in [0.1, 0.15) is 17.4 Å². The molecule has 0 fully saturated rings. The second-order valence-electron chi connectivity index (χ2n) is 3.26. The molecule has 0 bridgehead atoms. The van der Waals surface area contributed by atoms with Gasteiger partial charge in [-0.2, -0.15) is 0 Å². The maximum absolute atomic E-state index is 13.5. The molecule has 0 unspecified atom stereocenters. The van der Waals surface area contributed by atoms with Crippen LogP contribution in [0.25, 0.3) is 11.1 Å². The van der Waals surface area contributed by atoms with Crippen LogP contribution in [0.4, 0.5) is 8.78 Å². The molecule has 2 aromatic carbocycles. The third kappa shape index (κ3) is 1.93. The van der Waals surface area contributed by atoms with Crippen molar-refractivity contribution in [1.29, 1.82) is 0 Å². The van der Waals surface area contributed by atoms with E-state index >= 15 is 0 Å². The van der Waals surface area contributed by atoms with Crippen LogP contribution in [0, 0.1) is 11.6 Å². The van der Waals surface area contributed by atoms with Crippen molar-refractivity contribution >= 4 is 15.9 Å². The Hall–Kier alpha value is -1.42. The first-order chi connectivity index (χ1) is 7.59. The summed E-state index contributed by atoms with van der Waals surface area (Å²) in [5.74, 6) is -1.22. The predicted molar refractivity (Wildman–Crippen MR) is 61.2 cm³/mol. The molecule has 2 aromatic rings. The summed E-state index contributed by atoms with van der Waals surface area (Å²) in [4.78, 5) is 0. The van der Waals surface area contributed by atoms with Crippen LogP contribution >= 0.6 is 15.9 Å². The van der Waals surface area contributed by atoms with Gasteiger partial charge >= 0.3 is 0 Å². The maximum Gasteiger partial charge on any atom is 0.137 e. The van der Waals surface area contributed by atoms with Crippen molar-refractivity contribution in [3.05, 3.63) is 52.5 Å². The molecule has 0 aliphatic rings. The quantitative estimate of drug-likeness (QED) is 0.836. The molecule has 1 N–H and O–H groups in total. The van der Waals surface area contributed by atoms with Crippen LogP contribution in [0.1, 0.15) is 0 Å². The number of hydrogen-bond acceptors (Lipinski definition) is 1. The van der Waals surface area contributed by atoms with Crippen LogP contribution in [-0.2, 0) is 0 Å². The SMILES string of the molecule is Oc1c(Br)cc(F)cc1-c1ccccc1F. The smallest absolute Gasteiger partial charge is 0.137 e. The minimum absolute atomic E-state index is 0.130. The Kier molecular flexibility index (Phi) is 2.92. The minimum Gasteiger partial charge on any atom is -0.506 e. The average Bonchev–Trinajstić information content (AvgIpc) is 2.24. The summed E-state index contributed by atoms with van der Waals surface area (Å²) in [5, 5.41) is 9.72. The van der Waals surface area contributed by atoms with E-state index in [4.69, 9.17) is 0 Å². The maximum atomic E-state index is 13.5. The van der Waals surface area contributed by atoms with Gasteiger partial charge < -0.3 is 5.11 Å². The molecule has 0 heterocycles. The van der Waals surface area contributed by atoms with Crippen LogP contribution in [0.3, 0.4) is 0 Å². The van der Waals surface area contributed by atoms with E-state index in [2.05, 4.69) is 15.9 Å². The zero-order chi connectivity index (χ0) is 11.7. The summed E-state index contributed by atoms with van der Waals surface area (Å²) >= 11 is 3.01. The molecule has 0 saturated carbocycles. The number of halogens is 3. The molecule has 16 heavy (non-hydrogen) atoms. The van der Waals surface area contributed by atoms with Crippen molar-refractivity contribution in [3.63, 3.8) is 0 Å². The van der Waals surface area contributed by atoms with Gasteiger partial charge in [0.15, 0.2) is 0 Å². The lowest BCUT2D eigenvalue weighted by molar-refractivity contribution is 0.471. The van der Waals surface area contributed by atoms with Gasteiger partial charge in [0, 0.05) is 11.1 Å². The second kappa shape index (κ2) is 4.22. The summed E-state index contributed by atoms with van der Waals surface area (Å²) in [6.07, 6.45) is 0. The summed E-state index contributed by atoms with van der Waals surface area (Å²) < 4.78 is 26.8. The number of rotatable bonds is 1. The fourth-order valence-electron chi connectivity index (χ4n) is 1.45. The van der Waals surface area contributed by atoms with Crippen molar-refractivity contribution in [2.24, 2.45) is 0 Å². The van der Waals surface area contributed by atoms with Gasteiger partial charge in [0.2, 0.25) is 0 Å². The first-order valence-corrected chi connectivity index (χ1v) is 5.32. The molecule has 0 aliphatic carbocycles. The molecule has 0 atom stereocenters. The molecule has 0 radical (unpaired) electrons. The van der Waals surface area contributed by atoms with Gasteiger partial charge in [-0.1, -0.05) is 18.2 Å². The molecule has 0 aromatic heterocycles. The van der Waals surface area contributed by atoms with Crippen LogP contribution in [-0.4, -0.2) is 5.11 Å². The molecule has 0 amide bonds. The van der Waals surface area contributed by atoms with Crippen molar-refractivity contribution in [1.82, 2.24) is 0 Å². The first-order valence-electron chi connectivity index (χ1n) is 4.52. The molecule has 2 rings (SSSR count). The van der Waals surface area contributed by atoms with Gasteiger partial charge in [0.25, 0.3) is 0 Å². The molecule has 82 valence electrons. The van der Waals surface area contributed by atoms with Crippen LogP contribution in [0.5, 0.6) is 5.75 Å². The van der Waals surface area contributed by atoms with E-state index in [9.17, 15) is 13.9 Å². The molecular weight excluding hydrogens is 278 g/mol. The summed E-state index contributed by atoms with van der Waals surface area (Å²) in [5.41, 5.74) is 0.296. The van der Waals surface area contributed by atoms with E-state index in [0.717, 1.165) is 12.1 Å². The Morgan fingerprint density at radius 1 is 1.00 bits per heavy atom. The zero-order valence-corrected chi connectivity index (χ0v) is 9.63. The van der Waals surface area contributed by atoms with Gasteiger partial charge in [-0.05, 0) is 34.1 Å². The van der Waals surface area contributed by atoms with Crippen molar-refractivity contribution in [2.75, 3.05) is 0 Å². The zero-order valence-electron chi connectivity index (χ0n) is 8.05. The normalized spacial score (nSPS) is 10.4. The fourth-order valence-corrected chi connectivity index (χ4v) is 1.88. The highest BCUT2D eigenvalue weighted by Gasteiger charge is 2.13. The Morgan fingerprint density at radius 2 is 1.69 bits per heavy atom. The number of phenolic OH excluding ortho intramolecular Hbond substituents is 1. The van der Waals surface area contributed by atoms with E-state index in [0.29, 0.717) is 0 Å². The summed E-state index contributed by atoms with van der Waals surface area (Å²) in [7, 11) is 0. The van der Waals surface area contributed by atoms with E-state index in [1.165, 1.54) is 18.2 Å². The molecule has 0 spiro atoms. The number of phenols is 1. The topological polar surface area (TPSA) is 20.2 Å². The van der Waals surface area contributed by atoms with E-state index < -0.39 is 11.6 Å². The Balaban J connectivity index is 2.69. The molecule has 4 heteroatoms. The van der Waals surface area contributed by atoms with Crippen molar-refractivity contribution in [3.8, 4) is 16.9 Å². The lowest BCUT2D eigenvalue weighted by Gasteiger charge is -2.07. The third-order valence-electron chi connectivity index (χ3n) is 2.19. The van der Waals surface area contributed by atoms with Gasteiger partial charge in [-0.25, -0.2) is 8.78 Å². The Labute approximate surface area is 99.5 Å². The van der Waals surface area contributed by atoms with Crippen molar-refractivity contribution in [2.45, 2.75) is 0 Å². The standard InChI is InChI=1S/C12H7BrF2O/c13-10-6-7(14)5-9(12(10)16)8-3-1-2-4-11(8)15/h1-6,16H. The van der Waals surface area contributed by atoms with E-state index in [-0.39, 0.29) is 21.3 Å². The first kappa shape index (κ1) is 11.1. The molecule has 0 aliphatic heterocycles. The lowest BCUT2D eigenvalue weighted by atomic mass is 10.0. The molecular formula is C12H7BrF2O. The number of hydrogen-bond donors (Lipinski definition) is 1. The fraction of sp³-hybridized carbons (Fsp3) is 0. The highest BCUT2D eigenvalue weighted by atomic mass is 79.9. The van der Waals surface area contributed by atoms with Crippen LogP contribution in [0.2, 0.25) is 0 Å². The van der Waals surface area contributed by atoms with Gasteiger partial charge in [-0.3, -0.25) is 0 Å². The highest BCUT2D eigenvalue weighted by Crippen LogP contribution is 2.37. The monoisotopic (exact) mass is 284 g/mol. The summed E-state index contributed by atoms with van der Waals surface area (Å²) in [6, 6.07) is 8.11. The second-order valence-corrected chi connectivity index (χ2v) is 4.12. The van der Waals surface area contributed by atoms with Crippen molar-refractivity contribution < 1.29 is 13.9 Å². The number of aromatic hydroxyl groups is 1. The highest BCUT2D eigenvalue weighted by molar-refractivity contribution is 9.10. The Bertz CT molecular complexity index is 541. The van der Waals surface area contributed by atoms with Crippen LogP contribution in [0.15, 0.2) is 40.9 Å². The molecule has 0 saturated heterocycles. The predicted octanol–water partition coefficient (Wildman–Crippen LogP) is 4.10. The Morgan fingerprint density at radius 3 is 2.38 bits per heavy atom. The number of benzene rings is 2. The van der Waals surface area contributed by atoms with Crippen LogP contribution < -0.4 is 0 Å². The van der Waals surface area contributed by atoms with E-state index in [1.807, 2.05) is 0 Å². The van der Waals surface area contributed by atoms with Gasteiger partial charge in [-0.15, -0.1) is 0 Å². The van der Waals surface area contributed by atoms with Gasteiger partial charge in [0.05, 0.1) is 4.47 Å². The third-order valence-corrected chi connectivity index (χ3v) is 2.80. The molecule has 1 nitrogen and oxygen atoms in total. The van der Waals surface area contributed by atoms with E-state index in [1.54, 1.807) is 6.07 Å². The lowest BCUT2D eigenvalue weighted by Crippen LogP contribution is -1.87. The average molecular weight is 285 g/mol. The minimum atomic E-state index is -0.539. The largest absolute Gasteiger partial charge is 0.506 e. The summed E-state index contributed by atoms with van der Waals surface area (Å²) in [6.45, 7) is 0.